The SMILES string of the molecule is COc1ccc(CCNC(=O)CC(=O)Nc2cc(C)ccc2C)cc1OC. The zero-order valence-corrected chi connectivity index (χ0v) is 16.2. The Morgan fingerprint density at radius 3 is 2.37 bits per heavy atom. The lowest BCUT2D eigenvalue weighted by Crippen LogP contribution is -2.29. The van der Waals surface area contributed by atoms with E-state index in [1.807, 2.05) is 50.2 Å². The summed E-state index contributed by atoms with van der Waals surface area (Å²) < 4.78 is 10.5. The predicted octanol–water partition coefficient (Wildman–Crippen LogP) is 3.01. The number of ether oxygens (including phenoxy) is 2. The van der Waals surface area contributed by atoms with Crippen molar-refractivity contribution < 1.29 is 19.1 Å². The Morgan fingerprint density at radius 1 is 0.926 bits per heavy atom. The van der Waals surface area contributed by atoms with Crippen LogP contribution in [0.4, 0.5) is 5.69 Å². The zero-order chi connectivity index (χ0) is 19.8. The third kappa shape index (κ3) is 6.02. The standard InChI is InChI=1S/C21H26N2O4/c1-14-5-6-15(2)17(11-14)23-21(25)13-20(24)22-10-9-16-7-8-18(26-3)19(12-16)27-4/h5-8,11-12H,9-10,13H2,1-4H3,(H,22,24)(H,23,25). The fraction of sp³-hybridized carbons (Fsp3) is 0.333. The highest BCUT2D eigenvalue weighted by Gasteiger charge is 2.11. The largest absolute Gasteiger partial charge is 0.493 e. The minimum atomic E-state index is -0.327. The van der Waals surface area contributed by atoms with Gasteiger partial charge in [0.1, 0.15) is 6.42 Å². The Morgan fingerprint density at radius 2 is 1.67 bits per heavy atom. The molecule has 0 aliphatic rings. The quantitative estimate of drug-likeness (QED) is 0.701. The average Bonchev–Trinajstić information content (AvgIpc) is 2.64. The van der Waals surface area contributed by atoms with Crippen LogP contribution in [0.5, 0.6) is 11.5 Å². The summed E-state index contributed by atoms with van der Waals surface area (Å²) >= 11 is 0. The molecule has 144 valence electrons. The zero-order valence-electron chi connectivity index (χ0n) is 16.2. The highest BCUT2D eigenvalue weighted by molar-refractivity contribution is 6.03. The lowest BCUT2D eigenvalue weighted by atomic mass is 10.1. The normalized spacial score (nSPS) is 10.2. The maximum Gasteiger partial charge on any atom is 0.233 e. The van der Waals surface area contributed by atoms with E-state index in [0.717, 1.165) is 22.4 Å². The second kappa shape index (κ2) is 9.62. The average molecular weight is 370 g/mol. The highest BCUT2D eigenvalue weighted by atomic mass is 16.5. The molecule has 0 heterocycles. The summed E-state index contributed by atoms with van der Waals surface area (Å²) in [5.74, 6) is 0.674. The van der Waals surface area contributed by atoms with E-state index in [9.17, 15) is 9.59 Å². The lowest BCUT2D eigenvalue weighted by Gasteiger charge is -2.11. The van der Waals surface area contributed by atoms with Crippen molar-refractivity contribution in [3.05, 3.63) is 53.1 Å². The van der Waals surface area contributed by atoms with E-state index in [4.69, 9.17) is 9.47 Å². The van der Waals surface area contributed by atoms with Crippen LogP contribution in [-0.2, 0) is 16.0 Å². The van der Waals surface area contributed by atoms with Gasteiger partial charge in [-0.05, 0) is 55.2 Å². The van der Waals surface area contributed by atoms with Gasteiger partial charge in [-0.15, -0.1) is 0 Å². The first kappa shape index (κ1) is 20.3. The van der Waals surface area contributed by atoms with Crippen LogP contribution in [0.3, 0.4) is 0 Å². The van der Waals surface area contributed by atoms with E-state index in [0.29, 0.717) is 24.5 Å². The molecule has 0 atom stereocenters. The van der Waals surface area contributed by atoms with Crippen molar-refractivity contribution in [2.24, 2.45) is 0 Å². The van der Waals surface area contributed by atoms with E-state index < -0.39 is 0 Å². The second-order valence-electron chi connectivity index (χ2n) is 6.33. The molecule has 6 heteroatoms. The molecule has 2 aromatic carbocycles. The van der Waals surface area contributed by atoms with Crippen molar-refractivity contribution in [2.45, 2.75) is 26.7 Å². The Hall–Kier alpha value is -3.02. The maximum atomic E-state index is 12.1. The number of carbonyl (C=O) groups excluding carboxylic acids is 2. The third-order valence-electron chi connectivity index (χ3n) is 4.17. The number of hydrogen-bond acceptors (Lipinski definition) is 4. The van der Waals surface area contributed by atoms with Crippen molar-refractivity contribution in [2.75, 3.05) is 26.1 Å². The molecule has 0 saturated heterocycles. The van der Waals surface area contributed by atoms with E-state index in [-0.39, 0.29) is 18.2 Å². The first-order valence-corrected chi connectivity index (χ1v) is 8.77. The van der Waals surface area contributed by atoms with Crippen molar-refractivity contribution in [3.8, 4) is 11.5 Å². The van der Waals surface area contributed by atoms with Crippen LogP contribution in [0.2, 0.25) is 0 Å². The molecule has 2 N–H and O–H groups in total. The molecule has 2 aromatic rings. The van der Waals surface area contributed by atoms with Gasteiger partial charge in [-0.2, -0.15) is 0 Å². The van der Waals surface area contributed by atoms with Crippen LogP contribution in [0.15, 0.2) is 36.4 Å². The molecule has 0 radical (unpaired) electrons. The van der Waals surface area contributed by atoms with Gasteiger partial charge in [0.25, 0.3) is 0 Å². The highest BCUT2D eigenvalue weighted by Crippen LogP contribution is 2.27. The molecule has 27 heavy (non-hydrogen) atoms. The number of amides is 2. The topological polar surface area (TPSA) is 76.7 Å². The van der Waals surface area contributed by atoms with Crippen molar-refractivity contribution in [1.29, 1.82) is 0 Å². The summed E-state index contributed by atoms with van der Waals surface area (Å²) in [7, 11) is 3.17. The minimum Gasteiger partial charge on any atom is -0.493 e. The summed E-state index contributed by atoms with van der Waals surface area (Å²) in [5.41, 5.74) is 3.75. The van der Waals surface area contributed by atoms with Gasteiger partial charge in [-0.25, -0.2) is 0 Å². The maximum absolute atomic E-state index is 12.1. The molecule has 0 spiro atoms. The van der Waals surface area contributed by atoms with Gasteiger partial charge in [0, 0.05) is 12.2 Å². The summed E-state index contributed by atoms with van der Waals surface area (Å²) in [6, 6.07) is 11.4. The van der Waals surface area contributed by atoms with E-state index >= 15 is 0 Å². The smallest absolute Gasteiger partial charge is 0.233 e. The van der Waals surface area contributed by atoms with Gasteiger partial charge in [0.15, 0.2) is 11.5 Å². The molecule has 0 fully saturated rings. The Labute approximate surface area is 159 Å². The fourth-order valence-corrected chi connectivity index (χ4v) is 2.66. The summed E-state index contributed by atoms with van der Waals surface area (Å²) in [5, 5.41) is 5.56. The van der Waals surface area contributed by atoms with Crippen LogP contribution in [0, 0.1) is 13.8 Å². The minimum absolute atomic E-state index is 0.209. The van der Waals surface area contributed by atoms with Crippen LogP contribution in [0.25, 0.3) is 0 Å². The summed E-state index contributed by atoms with van der Waals surface area (Å²) in [6.07, 6.45) is 0.421. The first-order valence-electron chi connectivity index (χ1n) is 8.77. The van der Waals surface area contributed by atoms with Crippen molar-refractivity contribution in [1.82, 2.24) is 5.32 Å². The first-order chi connectivity index (χ1) is 12.9. The molecular weight excluding hydrogens is 344 g/mol. The van der Waals surface area contributed by atoms with Gasteiger partial charge in [-0.3, -0.25) is 9.59 Å². The van der Waals surface area contributed by atoms with E-state index in [2.05, 4.69) is 10.6 Å². The number of carbonyl (C=O) groups is 2. The molecule has 0 bridgehead atoms. The number of nitrogens with one attached hydrogen (secondary N) is 2. The van der Waals surface area contributed by atoms with Gasteiger partial charge < -0.3 is 20.1 Å². The van der Waals surface area contributed by atoms with Crippen molar-refractivity contribution in [3.63, 3.8) is 0 Å². The van der Waals surface area contributed by atoms with Crippen molar-refractivity contribution >= 4 is 17.5 Å². The molecule has 2 rings (SSSR count). The van der Waals surface area contributed by atoms with Crippen LogP contribution in [0.1, 0.15) is 23.1 Å². The van der Waals surface area contributed by atoms with Crippen LogP contribution < -0.4 is 20.1 Å². The summed E-state index contributed by atoms with van der Waals surface area (Å²) in [6.45, 7) is 4.30. The molecule has 0 unspecified atom stereocenters. The van der Waals surface area contributed by atoms with Gasteiger partial charge in [0.2, 0.25) is 11.8 Å². The molecule has 0 saturated carbocycles. The molecule has 6 nitrogen and oxygen atoms in total. The Bertz CT molecular complexity index is 818. The lowest BCUT2D eigenvalue weighted by molar-refractivity contribution is -0.126. The number of aryl methyl sites for hydroxylation is 2. The number of methoxy groups -OCH3 is 2. The Balaban J connectivity index is 1.80. The van der Waals surface area contributed by atoms with Gasteiger partial charge >= 0.3 is 0 Å². The number of rotatable bonds is 8. The van der Waals surface area contributed by atoms with E-state index in [1.165, 1.54) is 0 Å². The number of benzene rings is 2. The Kier molecular flexibility index (Phi) is 7.23. The monoisotopic (exact) mass is 370 g/mol. The molecule has 0 aromatic heterocycles. The van der Waals surface area contributed by atoms with Gasteiger partial charge in [0.05, 0.1) is 14.2 Å². The van der Waals surface area contributed by atoms with Gasteiger partial charge in [-0.1, -0.05) is 18.2 Å². The van der Waals surface area contributed by atoms with E-state index in [1.54, 1.807) is 14.2 Å². The molecule has 0 aliphatic heterocycles. The number of anilines is 1. The molecule has 0 aliphatic carbocycles. The fourth-order valence-electron chi connectivity index (χ4n) is 2.66. The second-order valence-corrected chi connectivity index (χ2v) is 6.33. The molecular formula is C21H26N2O4. The summed E-state index contributed by atoms with van der Waals surface area (Å²) in [4.78, 5) is 24.1. The third-order valence-corrected chi connectivity index (χ3v) is 4.17. The number of hydrogen-bond donors (Lipinski definition) is 2. The predicted molar refractivity (Wildman–Crippen MR) is 105 cm³/mol. The molecule has 2 amide bonds. The van der Waals surface area contributed by atoms with Crippen LogP contribution in [-0.4, -0.2) is 32.6 Å². The van der Waals surface area contributed by atoms with Crippen LogP contribution >= 0.6 is 0 Å².